The van der Waals surface area contributed by atoms with Gasteiger partial charge in [-0.25, -0.2) is 0 Å². The molecule has 0 radical (unpaired) electrons. The number of ether oxygens (including phenoxy) is 3. The number of hydrogen-bond donors (Lipinski definition) is 1. The highest BCUT2D eigenvalue weighted by Gasteiger charge is 2.11. The third-order valence-corrected chi connectivity index (χ3v) is 3.81. The maximum atomic E-state index is 12.2. The van der Waals surface area contributed by atoms with E-state index in [4.69, 9.17) is 25.8 Å². The molecule has 0 heterocycles. The summed E-state index contributed by atoms with van der Waals surface area (Å²) in [6.07, 6.45) is 4.13. The van der Waals surface area contributed by atoms with Gasteiger partial charge in [0.25, 0.3) is 0 Å². The maximum Gasteiger partial charge on any atom is 0.248 e. The van der Waals surface area contributed by atoms with Crippen molar-refractivity contribution in [1.29, 1.82) is 0 Å². The summed E-state index contributed by atoms with van der Waals surface area (Å²) in [5.41, 5.74) is 1.37. The standard InChI is InChI=1S/C20H22ClNO4/c1-4-11-26-15-8-5-14(6-9-15)7-10-20(23)22-17-13-18(24-2)16(21)12-19(17)25-3/h5-10,12-13H,4,11H2,1-3H3,(H,22,23). The molecule has 0 saturated heterocycles. The van der Waals surface area contributed by atoms with Gasteiger partial charge in [-0.3, -0.25) is 4.79 Å². The number of anilines is 1. The Bertz CT molecular complexity index is 772. The molecule has 2 aromatic carbocycles. The molecular weight excluding hydrogens is 354 g/mol. The molecule has 26 heavy (non-hydrogen) atoms. The van der Waals surface area contributed by atoms with Crippen LogP contribution in [0.5, 0.6) is 17.2 Å². The predicted octanol–water partition coefficient (Wildman–Crippen LogP) is 4.80. The van der Waals surface area contributed by atoms with Gasteiger partial charge in [-0.15, -0.1) is 0 Å². The number of nitrogens with one attached hydrogen (secondary N) is 1. The zero-order valence-corrected chi connectivity index (χ0v) is 15.8. The highest BCUT2D eigenvalue weighted by molar-refractivity contribution is 6.32. The molecule has 0 aliphatic heterocycles. The summed E-state index contributed by atoms with van der Waals surface area (Å²) in [6, 6.07) is 10.7. The second kappa shape index (κ2) is 9.73. The largest absolute Gasteiger partial charge is 0.495 e. The van der Waals surface area contributed by atoms with Gasteiger partial charge in [0.05, 0.1) is 31.5 Å². The first-order chi connectivity index (χ1) is 12.6. The van der Waals surface area contributed by atoms with Crippen LogP contribution in [0.2, 0.25) is 5.02 Å². The van der Waals surface area contributed by atoms with Crippen molar-refractivity contribution >= 4 is 29.3 Å². The predicted molar refractivity (Wildman–Crippen MR) is 104 cm³/mol. The molecule has 138 valence electrons. The number of hydrogen-bond acceptors (Lipinski definition) is 4. The fraction of sp³-hybridized carbons (Fsp3) is 0.250. The highest BCUT2D eigenvalue weighted by Crippen LogP contribution is 2.35. The van der Waals surface area contributed by atoms with Crippen LogP contribution in [0.25, 0.3) is 6.08 Å². The third kappa shape index (κ3) is 5.43. The van der Waals surface area contributed by atoms with Gasteiger partial charge in [0.2, 0.25) is 5.91 Å². The van der Waals surface area contributed by atoms with Gasteiger partial charge in [0.15, 0.2) is 0 Å². The lowest BCUT2D eigenvalue weighted by molar-refractivity contribution is -0.111. The molecule has 0 spiro atoms. The number of rotatable bonds is 8. The van der Waals surface area contributed by atoms with Crippen LogP contribution in [0.15, 0.2) is 42.5 Å². The number of carbonyl (C=O) groups is 1. The molecule has 0 aliphatic carbocycles. The Morgan fingerprint density at radius 2 is 1.81 bits per heavy atom. The van der Waals surface area contributed by atoms with Gasteiger partial charge in [-0.1, -0.05) is 30.7 Å². The Morgan fingerprint density at radius 3 is 2.42 bits per heavy atom. The molecule has 0 atom stereocenters. The lowest BCUT2D eigenvalue weighted by atomic mass is 10.2. The molecule has 2 aromatic rings. The summed E-state index contributed by atoms with van der Waals surface area (Å²) < 4.78 is 15.9. The summed E-state index contributed by atoms with van der Waals surface area (Å²) in [7, 11) is 3.01. The van der Waals surface area contributed by atoms with E-state index in [1.54, 1.807) is 18.2 Å². The van der Waals surface area contributed by atoms with Gasteiger partial charge in [0.1, 0.15) is 17.2 Å². The van der Waals surface area contributed by atoms with Crippen molar-refractivity contribution in [3.05, 3.63) is 53.1 Å². The fourth-order valence-corrected chi connectivity index (χ4v) is 2.43. The van der Waals surface area contributed by atoms with Crippen molar-refractivity contribution in [3.63, 3.8) is 0 Å². The summed E-state index contributed by atoms with van der Waals surface area (Å²) in [4.78, 5) is 12.2. The average molecular weight is 376 g/mol. The van der Waals surface area contributed by atoms with Crippen molar-refractivity contribution < 1.29 is 19.0 Å². The van der Waals surface area contributed by atoms with Gasteiger partial charge >= 0.3 is 0 Å². The Hall–Kier alpha value is -2.66. The first-order valence-electron chi connectivity index (χ1n) is 8.20. The lowest BCUT2D eigenvalue weighted by Gasteiger charge is -2.12. The topological polar surface area (TPSA) is 56.8 Å². The SMILES string of the molecule is CCCOc1ccc(C=CC(=O)Nc2cc(OC)c(Cl)cc2OC)cc1. The van der Waals surface area contributed by atoms with Crippen LogP contribution in [0.1, 0.15) is 18.9 Å². The van der Waals surface area contributed by atoms with Gasteiger partial charge < -0.3 is 19.5 Å². The van der Waals surface area contributed by atoms with Crippen LogP contribution in [-0.2, 0) is 4.79 Å². The molecule has 0 saturated carbocycles. The Morgan fingerprint density at radius 1 is 1.12 bits per heavy atom. The fourth-order valence-electron chi connectivity index (χ4n) is 2.20. The Balaban J connectivity index is 2.05. The van der Waals surface area contributed by atoms with E-state index >= 15 is 0 Å². The smallest absolute Gasteiger partial charge is 0.248 e. The van der Waals surface area contributed by atoms with Crippen molar-refractivity contribution in [2.24, 2.45) is 0 Å². The minimum atomic E-state index is -0.293. The first kappa shape index (κ1) is 19.7. The number of halogens is 1. The normalized spacial score (nSPS) is 10.6. The van der Waals surface area contributed by atoms with E-state index in [-0.39, 0.29) is 5.91 Å². The lowest BCUT2D eigenvalue weighted by Crippen LogP contribution is -2.09. The summed E-state index contributed by atoms with van der Waals surface area (Å²) in [5, 5.41) is 3.16. The minimum Gasteiger partial charge on any atom is -0.495 e. The number of methoxy groups -OCH3 is 2. The van der Waals surface area contributed by atoms with Crippen LogP contribution in [-0.4, -0.2) is 26.7 Å². The molecule has 0 fully saturated rings. The highest BCUT2D eigenvalue weighted by atomic mass is 35.5. The molecule has 1 amide bonds. The monoisotopic (exact) mass is 375 g/mol. The Labute approximate surface area is 158 Å². The van der Waals surface area contributed by atoms with Crippen LogP contribution >= 0.6 is 11.6 Å². The number of amides is 1. The molecule has 0 aromatic heterocycles. The third-order valence-electron chi connectivity index (χ3n) is 3.51. The molecule has 0 bridgehead atoms. The van der Waals surface area contributed by atoms with Gasteiger partial charge in [-0.2, -0.15) is 0 Å². The minimum absolute atomic E-state index is 0.293. The van der Waals surface area contributed by atoms with Gasteiger partial charge in [0, 0.05) is 18.2 Å². The second-order valence-corrected chi connectivity index (χ2v) is 5.83. The maximum absolute atomic E-state index is 12.2. The second-order valence-electron chi connectivity index (χ2n) is 5.43. The van der Waals surface area contributed by atoms with E-state index in [0.29, 0.717) is 28.8 Å². The molecular formula is C20H22ClNO4. The quantitative estimate of drug-likeness (QED) is 0.673. The summed E-state index contributed by atoms with van der Waals surface area (Å²) in [5.74, 6) is 1.43. The molecule has 0 aliphatic rings. The molecule has 5 nitrogen and oxygen atoms in total. The van der Waals surface area contributed by atoms with Crippen LogP contribution < -0.4 is 19.5 Å². The number of benzene rings is 2. The van der Waals surface area contributed by atoms with Crippen LogP contribution in [0.4, 0.5) is 5.69 Å². The van der Waals surface area contributed by atoms with E-state index < -0.39 is 0 Å². The zero-order chi connectivity index (χ0) is 18.9. The number of carbonyl (C=O) groups excluding carboxylic acids is 1. The summed E-state index contributed by atoms with van der Waals surface area (Å²) in [6.45, 7) is 2.74. The van der Waals surface area contributed by atoms with E-state index in [2.05, 4.69) is 12.2 Å². The van der Waals surface area contributed by atoms with Crippen molar-refractivity contribution in [3.8, 4) is 17.2 Å². The van der Waals surface area contributed by atoms with Crippen molar-refractivity contribution in [1.82, 2.24) is 0 Å². The molecule has 2 rings (SSSR count). The summed E-state index contributed by atoms with van der Waals surface area (Å²) >= 11 is 6.06. The average Bonchev–Trinajstić information content (AvgIpc) is 2.66. The van der Waals surface area contributed by atoms with Crippen LogP contribution in [0.3, 0.4) is 0 Å². The van der Waals surface area contributed by atoms with E-state index in [0.717, 1.165) is 17.7 Å². The van der Waals surface area contributed by atoms with Crippen molar-refractivity contribution in [2.45, 2.75) is 13.3 Å². The molecule has 1 N–H and O–H groups in total. The first-order valence-corrected chi connectivity index (χ1v) is 8.58. The molecule has 0 unspecified atom stereocenters. The van der Waals surface area contributed by atoms with Gasteiger partial charge in [-0.05, 0) is 30.2 Å². The Kier molecular flexibility index (Phi) is 7.36. The van der Waals surface area contributed by atoms with E-state index in [1.807, 2.05) is 24.3 Å². The van der Waals surface area contributed by atoms with Crippen molar-refractivity contribution in [2.75, 3.05) is 26.1 Å². The van der Waals surface area contributed by atoms with Crippen LogP contribution in [0, 0.1) is 0 Å². The zero-order valence-electron chi connectivity index (χ0n) is 15.0. The van der Waals surface area contributed by atoms with E-state index in [1.165, 1.54) is 20.3 Å². The molecule has 6 heteroatoms. The van der Waals surface area contributed by atoms with E-state index in [9.17, 15) is 4.79 Å².